The number of furan rings is 1. The molecule has 1 aromatic rings. The van der Waals surface area contributed by atoms with Gasteiger partial charge < -0.3 is 4.42 Å². The lowest BCUT2D eigenvalue weighted by Crippen LogP contribution is -2.50. The van der Waals surface area contributed by atoms with Gasteiger partial charge in [0.1, 0.15) is 5.76 Å². The molecule has 0 radical (unpaired) electrons. The van der Waals surface area contributed by atoms with Crippen molar-refractivity contribution in [2.24, 2.45) is 23.7 Å². The molecular formula is C21H26O2. The molecule has 1 unspecified atom stereocenters. The fourth-order valence-electron chi connectivity index (χ4n) is 6.70. The Bertz CT molecular complexity index is 682. The average molecular weight is 310 g/mol. The van der Waals surface area contributed by atoms with Gasteiger partial charge in [0, 0.05) is 12.8 Å². The Morgan fingerprint density at radius 3 is 2.91 bits per heavy atom. The van der Waals surface area contributed by atoms with Crippen molar-refractivity contribution in [1.29, 1.82) is 0 Å². The molecule has 4 aliphatic rings. The van der Waals surface area contributed by atoms with Crippen LogP contribution in [0, 0.1) is 23.7 Å². The van der Waals surface area contributed by atoms with Crippen LogP contribution < -0.4 is 0 Å². The first kappa shape index (κ1) is 14.1. The summed E-state index contributed by atoms with van der Waals surface area (Å²) in [6.07, 6.45) is 13.3. The van der Waals surface area contributed by atoms with E-state index in [1.54, 1.807) is 0 Å². The Morgan fingerprint density at radius 2 is 2.00 bits per heavy atom. The van der Waals surface area contributed by atoms with Gasteiger partial charge in [0.2, 0.25) is 0 Å². The van der Waals surface area contributed by atoms with Crippen LogP contribution in [0.25, 0.3) is 0 Å². The molecule has 0 amide bonds. The van der Waals surface area contributed by atoms with Crippen LogP contribution in [-0.4, -0.2) is 5.78 Å². The molecule has 1 aromatic heterocycles. The maximum Gasteiger partial charge on any atom is 0.155 e. The van der Waals surface area contributed by atoms with Crippen molar-refractivity contribution >= 4 is 5.78 Å². The van der Waals surface area contributed by atoms with Gasteiger partial charge in [0.05, 0.1) is 6.26 Å². The molecule has 2 saturated carbocycles. The first-order valence-corrected chi connectivity index (χ1v) is 9.47. The number of carbonyl (C=O) groups is 1. The molecule has 5 rings (SSSR count). The third kappa shape index (κ3) is 1.90. The smallest absolute Gasteiger partial charge is 0.155 e. The molecule has 0 saturated heterocycles. The summed E-state index contributed by atoms with van der Waals surface area (Å²) in [4.78, 5) is 11.8. The highest BCUT2D eigenvalue weighted by molar-refractivity contribution is 5.91. The molecule has 0 N–H and O–H groups in total. The van der Waals surface area contributed by atoms with E-state index < -0.39 is 0 Å². The van der Waals surface area contributed by atoms with E-state index in [1.807, 2.05) is 12.3 Å². The lowest BCUT2D eigenvalue weighted by atomic mass is 9.48. The lowest BCUT2D eigenvalue weighted by molar-refractivity contribution is -0.116. The Kier molecular flexibility index (Phi) is 2.96. The number of hydrogen-bond donors (Lipinski definition) is 0. The maximum atomic E-state index is 11.8. The van der Waals surface area contributed by atoms with Crippen LogP contribution in [0.2, 0.25) is 0 Å². The number of aryl methyl sites for hydroxylation is 1. The maximum absolute atomic E-state index is 11.8. The summed E-state index contributed by atoms with van der Waals surface area (Å²) in [7, 11) is 0. The van der Waals surface area contributed by atoms with Gasteiger partial charge >= 0.3 is 0 Å². The highest BCUT2D eigenvalue weighted by Crippen LogP contribution is 2.60. The van der Waals surface area contributed by atoms with E-state index in [1.165, 1.54) is 49.0 Å². The molecule has 5 atom stereocenters. The number of hydrogen-bond acceptors (Lipinski definition) is 2. The fourth-order valence-corrected chi connectivity index (χ4v) is 6.70. The van der Waals surface area contributed by atoms with Gasteiger partial charge in [-0.25, -0.2) is 0 Å². The summed E-state index contributed by atoms with van der Waals surface area (Å²) in [5.74, 6) is 4.83. The van der Waals surface area contributed by atoms with E-state index >= 15 is 0 Å². The SMILES string of the molecule is C[C@]12CC[C@@H]3C4CCC(=O)C=C4CC[C@H]3[C@@H]1CCc1occc12. The quantitative estimate of drug-likeness (QED) is 0.687. The summed E-state index contributed by atoms with van der Waals surface area (Å²) in [6.45, 7) is 2.50. The van der Waals surface area contributed by atoms with E-state index in [0.29, 0.717) is 17.1 Å². The minimum absolute atomic E-state index is 0.327. The predicted molar refractivity (Wildman–Crippen MR) is 89.1 cm³/mol. The van der Waals surface area contributed by atoms with E-state index in [-0.39, 0.29) is 0 Å². The summed E-state index contributed by atoms with van der Waals surface area (Å²) in [5.41, 5.74) is 3.33. The van der Waals surface area contributed by atoms with E-state index in [4.69, 9.17) is 4.42 Å². The van der Waals surface area contributed by atoms with Crippen molar-refractivity contribution in [1.82, 2.24) is 0 Å². The Morgan fingerprint density at radius 1 is 1.09 bits per heavy atom. The average Bonchev–Trinajstić information content (AvgIpc) is 3.03. The Balaban J connectivity index is 1.50. The second kappa shape index (κ2) is 4.84. The molecule has 2 fully saturated rings. The number of rotatable bonds is 0. The molecule has 2 nitrogen and oxygen atoms in total. The largest absolute Gasteiger partial charge is 0.469 e. The third-order valence-electron chi connectivity index (χ3n) is 7.73. The molecule has 23 heavy (non-hydrogen) atoms. The van der Waals surface area contributed by atoms with Gasteiger partial charge in [-0.2, -0.15) is 0 Å². The molecule has 1 heterocycles. The highest BCUT2D eigenvalue weighted by Gasteiger charge is 2.53. The van der Waals surface area contributed by atoms with Crippen LogP contribution in [0.15, 0.2) is 28.4 Å². The van der Waals surface area contributed by atoms with Gasteiger partial charge in [-0.1, -0.05) is 12.5 Å². The second-order valence-corrected chi connectivity index (χ2v) is 8.56. The zero-order valence-electron chi connectivity index (χ0n) is 14.0. The highest BCUT2D eigenvalue weighted by atomic mass is 16.3. The third-order valence-corrected chi connectivity index (χ3v) is 7.73. The van der Waals surface area contributed by atoms with Crippen LogP contribution >= 0.6 is 0 Å². The lowest BCUT2D eigenvalue weighted by Gasteiger charge is -2.56. The van der Waals surface area contributed by atoms with Crippen LogP contribution in [0.5, 0.6) is 0 Å². The first-order chi connectivity index (χ1) is 11.2. The Hall–Kier alpha value is -1.31. The molecule has 0 spiro atoms. The topological polar surface area (TPSA) is 30.2 Å². The number of fused-ring (bicyclic) bond motifs is 7. The first-order valence-electron chi connectivity index (χ1n) is 9.47. The summed E-state index contributed by atoms with van der Waals surface area (Å²) in [6, 6.07) is 2.25. The van der Waals surface area contributed by atoms with Crippen LogP contribution in [-0.2, 0) is 16.6 Å². The summed E-state index contributed by atoms with van der Waals surface area (Å²) >= 11 is 0. The fraction of sp³-hybridized carbons (Fsp3) is 0.667. The van der Waals surface area contributed by atoms with Crippen molar-refractivity contribution in [3.63, 3.8) is 0 Å². The standard InChI is InChI=1S/C21H26O2/c1-21-10-8-16-15-5-3-14(22)12-13(15)2-4-17(16)18(21)6-7-20-19(21)9-11-23-20/h9,11-12,15-18H,2-8,10H2,1H3/t15?,16-,17-,18+,21+/m1/s1. The number of ketones is 1. The molecule has 0 bridgehead atoms. The van der Waals surface area contributed by atoms with Crippen molar-refractivity contribution in [3.8, 4) is 0 Å². The molecule has 2 heteroatoms. The van der Waals surface area contributed by atoms with E-state index in [9.17, 15) is 4.79 Å². The van der Waals surface area contributed by atoms with Crippen molar-refractivity contribution < 1.29 is 9.21 Å². The predicted octanol–water partition coefficient (Wildman–Crippen LogP) is 4.83. The van der Waals surface area contributed by atoms with E-state index in [0.717, 1.165) is 37.0 Å². The number of allylic oxidation sites excluding steroid dienone is 2. The number of carbonyl (C=O) groups excluding carboxylic acids is 1. The Labute approximate surface area is 138 Å². The minimum Gasteiger partial charge on any atom is -0.469 e. The van der Waals surface area contributed by atoms with Crippen LogP contribution in [0.4, 0.5) is 0 Å². The molecular weight excluding hydrogens is 284 g/mol. The molecule has 122 valence electrons. The van der Waals surface area contributed by atoms with Crippen molar-refractivity contribution in [2.45, 2.75) is 63.7 Å². The minimum atomic E-state index is 0.327. The summed E-state index contributed by atoms with van der Waals surface area (Å²) < 4.78 is 5.76. The zero-order chi connectivity index (χ0) is 15.6. The molecule has 0 aliphatic heterocycles. The normalized spacial score (nSPS) is 42.1. The monoisotopic (exact) mass is 310 g/mol. The van der Waals surface area contributed by atoms with Gasteiger partial charge in [-0.15, -0.1) is 0 Å². The van der Waals surface area contributed by atoms with Gasteiger partial charge in [0.15, 0.2) is 5.78 Å². The molecule has 4 aliphatic carbocycles. The van der Waals surface area contributed by atoms with E-state index in [2.05, 4.69) is 13.0 Å². The van der Waals surface area contributed by atoms with Crippen molar-refractivity contribution in [3.05, 3.63) is 35.3 Å². The van der Waals surface area contributed by atoms with Gasteiger partial charge in [0.25, 0.3) is 0 Å². The summed E-state index contributed by atoms with van der Waals surface area (Å²) in [5, 5.41) is 0. The zero-order valence-corrected chi connectivity index (χ0v) is 14.0. The second-order valence-electron chi connectivity index (χ2n) is 8.56. The van der Waals surface area contributed by atoms with Crippen molar-refractivity contribution in [2.75, 3.05) is 0 Å². The van der Waals surface area contributed by atoms with Gasteiger partial charge in [-0.05, 0) is 85.3 Å². The van der Waals surface area contributed by atoms with Crippen LogP contribution in [0.3, 0.4) is 0 Å². The van der Waals surface area contributed by atoms with Crippen LogP contribution in [0.1, 0.15) is 63.2 Å². The van der Waals surface area contributed by atoms with Gasteiger partial charge in [-0.3, -0.25) is 4.79 Å². The molecule has 0 aromatic carbocycles.